The number of esters is 1. The molecule has 108 valence electrons. The fraction of sp³-hybridized carbons (Fsp3) is 0.909. The van der Waals surface area contributed by atoms with Gasteiger partial charge in [-0.1, -0.05) is 13.3 Å². The molecule has 0 aromatic rings. The van der Waals surface area contributed by atoms with Crippen LogP contribution in [-0.4, -0.2) is 69.1 Å². The molecule has 0 aromatic heterocycles. The van der Waals surface area contributed by atoms with Gasteiger partial charge in [0, 0.05) is 7.79 Å². The molecule has 0 bridgehead atoms. The Bertz CT molecular complexity index is 251. The Labute approximate surface area is 107 Å². The average molecular weight is 267 g/mol. The van der Waals surface area contributed by atoms with Crippen LogP contribution in [0.15, 0.2) is 0 Å². The molecule has 0 aliphatic carbocycles. The molecule has 0 unspecified atom stereocenters. The summed E-state index contributed by atoms with van der Waals surface area (Å²) >= 11 is 0. The number of hydrogen-bond acceptors (Lipinski definition) is 7. The number of aliphatic hydroxyl groups is 5. The second kappa shape index (κ2) is 9.23. The van der Waals surface area contributed by atoms with Crippen molar-refractivity contribution >= 4 is 5.97 Å². The Morgan fingerprint density at radius 2 is 1.83 bits per heavy atom. The van der Waals surface area contributed by atoms with Crippen molar-refractivity contribution in [2.75, 3.05) is 13.2 Å². The van der Waals surface area contributed by atoms with Crippen molar-refractivity contribution in [3.05, 3.63) is 0 Å². The summed E-state index contributed by atoms with van der Waals surface area (Å²) in [6.07, 6.45) is -5.42. The molecule has 5 N–H and O–H groups in total. The van der Waals surface area contributed by atoms with E-state index in [4.69, 9.17) is 11.6 Å². The predicted octanol–water partition coefficient (Wildman–Crippen LogP) is -1.84. The predicted molar refractivity (Wildman–Crippen MR) is 61.6 cm³/mol. The van der Waals surface area contributed by atoms with E-state index in [2.05, 4.69) is 4.74 Å². The first kappa shape index (κ1) is 15.3. The van der Waals surface area contributed by atoms with Gasteiger partial charge >= 0.3 is 5.97 Å². The number of carbonyl (C=O) groups excluding carboxylic acids is 1. The van der Waals surface area contributed by atoms with Gasteiger partial charge in [0.1, 0.15) is 31.0 Å². The molecule has 0 aliphatic heterocycles. The summed E-state index contributed by atoms with van der Waals surface area (Å²) in [7, 11) is 0. The third-order valence-corrected chi connectivity index (χ3v) is 2.37. The fourth-order valence-corrected chi connectivity index (χ4v) is 1.18. The van der Waals surface area contributed by atoms with Crippen molar-refractivity contribution in [2.45, 2.75) is 50.6 Å². The molecule has 0 aromatic carbocycles. The van der Waals surface area contributed by atoms with E-state index < -0.39 is 43.6 Å². The van der Waals surface area contributed by atoms with Crippen LogP contribution in [-0.2, 0) is 9.53 Å². The third-order valence-electron chi connectivity index (χ3n) is 2.37. The lowest BCUT2D eigenvalue weighted by atomic mass is 10.0. The standard InChI is InChI=1S/C11H22O7/c1-2-3-4-9(15)18-6-8(14)11(17)10(16)7(13)5-12/h7-8,10-14,16-17H,2-6H2,1H3/t7-,8+,10+,11+/m0/s1/i1D. The second-order valence-corrected chi connectivity index (χ2v) is 3.94. The first-order valence-corrected chi connectivity index (χ1v) is 5.72. The van der Waals surface area contributed by atoms with Crippen molar-refractivity contribution in [3.63, 3.8) is 0 Å². The Balaban J connectivity index is 3.95. The molecule has 0 spiro atoms. The molecule has 0 radical (unpaired) electrons. The maximum atomic E-state index is 11.2. The van der Waals surface area contributed by atoms with Gasteiger partial charge in [0.15, 0.2) is 0 Å². The van der Waals surface area contributed by atoms with Crippen molar-refractivity contribution in [3.8, 4) is 0 Å². The van der Waals surface area contributed by atoms with Crippen molar-refractivity contribution in [1.29, 1.82) is 0 Å². The molecule has 7 heteroatoms. The molecular formula is C11H22O7. The normalized spacial score (nSPS) is 18.6. The number of unbranched alkanes of at least 4 members (excludes halogenated alkanes) is 1. The zero-order valence-corrected chi connectivity index (χ0v) is 10.1. The maximum absolute atomic E-state index is 11.2. The maximum Gasteiger partial charge on any atom is 0.305 e. The van der Waals surface area contributed by atoms with Crippen LogP contribution in [0.3, 0.4) is 0 Å². The number of hydrogen-bond donors (Lipinski definition) is 5. The lowest BCUT2D eigenvalue weighted by Crippen LogP contribution is -2.47. The average Bonchev–Trinajstić information content (AvgIpc) is 2.42. The highest BCUT2D eigenvalue weighted by molar-refractivity contribution is 5.69. The van der Waals surface area contributed by atoms with Crippen molar-refractivity contribution in [2.24, 2.45) is 0 Å². The van der Waals surface area contributed by atoms with Crippen LogP contribution in [0, 0.1) is 0 Å². The zero-order valence-electron chi connectivity index (χ0n) is 11.1. The highest BCUT2D eigenvalue weighted by Gasteiger charge is 2.30. The Morgan fingerprint density at radius 1 is 1.22 bits per heavy atom. The smallest absolute Gasteiger partial charge is 0.305 e. The summed E-state index contributed by atoms with van der Waals surface area (Å²) in [6.45, 7) is -1.06. The van der Waals surface area contributed by atoms with Crippen LogP contribution in [0.2, 0.25) is 0 Å². The summed E-state index contributed by atoms with van der Waals surface area (Å²) in [5.41, 5.74) is 0. The van der Waals surface area contributed by atoms with Gasteiger partial charge in [0.2, 0.25) is 0 Å². The van der Waals surface area contributed by atoms with Gasteiger partial charge in [-0.15, -0.1) is 0 Å². The topological polar surface area (TPSA) is 127 Å². The Kier molecular flexibility index (Phi) is 7.86. The third kappa shape index (κ3) is 6.27. The number of carbonyl (C=O) groups is 1. The van der Waals surface area contributed by atoms with Gasteiger partial charge in [-0.05, 0) is 6.42 Å². The van der Waals surface area contributed by atoms with Crippen LogP contribution in [0.5, 0.6) is 0 Å². The Morgan fingerprint density at radius 3 is 2.39 bits per heavy atom. The van der Waals surface area contributed by atoms with Gasteiger partial charge in [-0.2, -0.15) is 0 Å². The summed E-state index contributed by atoms with van der Waals surface area (Å²) < 4.78 is 11.6. The minimum Gasteiger partial charge on any atom is -0.463 e. The summed E-state index contributed by atoms with van der Waals surface area (Å²) in [6, 6.07) is 0. The second-order valence-electron chi connectivity index (χ2n) is 3.94. The number of rotatable bonds is 9. The molecule has 7 nitrogen and oxygen atoms in total. The molecule has 0 amide bonds. The van der Waals surface area contributed by atoms with Gasteiger partial charge in [0.05, 0.1) is 6.61 Å². The largest absolute Gasteiger partial charge is 0.463 e. The quantitative estimate of drug-likeness (QED) is 0.245. The highest BCUT2D eigenvalue weighted by atomic mass is 16.5. The molecule has 0 heterocycles. The number of ether oxygens (including phenoxy) is 1. The SMILES string of the molecule is [2H]CCCCC(=O)OC[C@@H](O)[C@@H](O)[C@H](O)[C@@H](O)CO. The van der Waals surface area contributed by atoms with E-state index in [1.54, 1.807) is 0 Å². The van der Waals surface area contributed by atoms with Crippen LogP contribution < -0.4 is 0 Å². The summed E-state index contributed by atoms with van der Waals surface area (Å²) in [5, 5.41) is 45.8. The minimum atomic E-state index is -1.73. The van der Waals surface area contributed by atoms with Gasteiger partial charge in [-0.3, -0.25) is 4.79 Å². The lowest BCUT2D eigenvalue weighted by molar-refractivity contribution is -0.156. The van der Waals surface area contributed by atoms with E-state index in [1.807, 2.05) is 0 Å². The Hall–Kier alpha value is -0.730. The zero-order chi connectivity index (χ0) is 14.8. The molecule has 0 fully saturated rings. The molecule has 0 saturated heterocycles. The first-order chi connectivity index (χ1) is 8.93. The lowest BCUT2D eigenvalue weighted by Gasteiger charge is -2.25. The van der Waals surface area contributed by atoms with Crippen molar-refractivity contribution in [1.82, 2.24) is 0 Å². The molecule has 0 aliphatic rings. The van der Waals surface area contributed by atoms with E-state index in [0.717, 1.165) is 0 Å². The molecular weight excluding hydrogens is 244 g/mol. The molecule has 4 atom stereocenters. The van der Waals surface area contributed by atoms with E-state index in [-0.39, 0.29) is 13.3 Å². The fourth-order valence-electron chi connectivity index (χ4n) is 1.18. The minimum absolute atomic E-state index is 0.115. The van der Waals surface area contributed by atoms with Crippen LogP contribution >= 0.6 is 0 Å². The van der Waals surface area contributed by atoms with Crippen molar-refractivity contribution < 1.29 is 36.4 Å². The van der Waals surface area contributed by atoms with Crippen LogP contribution in [0.4, 0.5) is 0 Å². The molecule has 0 rings (SSSR count). The van der Waals surface area contributed by atoms with Crippen LogP contribution in [0.25, 0.3) is 0 Å². The van der Waals surface area contributed by atoms with E-state index in [1.165, 1.54) is 0 Å². The molecule has 18 heavy (non-hydrogen) atoms. The summed E-state index contributed by atoms with van der Waals surface area (Å²) in [5.74, 6) is -0.572. The summed E-state index contributed by atoms with van der Waals surface area (Å²) in [4.78, 5) is 11.2. The van der Waals surface area contributed by atoms with Crippen LogP contribution in [0.1, 0.15) is 27.5 Å². The van der Waals surface area contributed by atoms with E-state index >= 15 is 0 Å². The van der Waals surface area contributed by atoms with E-state index in [0.29, 0.717) is 12.8 Å². The number of aliphatic hydroxyl groups excluding tert-OH is 5. The first-order valence-electron chi connectivity index (χ1n) is 6.42. The van der Waals surface area contributed by atoms with E-state index in [9.17, 15) is 20.1 Å². The van der Waals surface area contributed by atoms with Gasteiger partial charge in [-0.25, -0.2) is 0 Å². The highest BCUT2D eigenvalue weighted by Crippen LogP contribution is 2.06. The van der Waals surface area contributed by atoms with Gasteiger partial charge in [0.25, 0.3) is 0 Å². The molecule has 0 saturated carbocycles. The van der Waals surface area contributed by atoms with Gasteiger partial charge < -0.3 is 30.3 Å². The monoisotopic (exact) mass is 267 g/mol.